The first-order valence-corrected chi connectivity index (χ1v) is 9.58. The quantitative estimate of drug-likeness (QED) is 0.755. The standard InChI is InChI=1S/C19H22F2N6O3/c1-11-7-12(25-16-13(30-2)8-23-10-24-16)17(28)27-15(11)18(29)26(9-14(20)21)19(27)3-5-22-6-4-19/h7-8,10,14,22H,3-6,9H2,1-2H3,(H,23,24,25). The van der Waals surface area contributed by atoms with Gasteiger partial charge >= 0.3 is 0 Å². The fourth-order valence-corrected chi connectivity index (χ4v) is 4.33. The molecule has 0 aliphatic carbocycles. The third-order valence-corrected chi connectivity index (χ3v) is 5.63. The maximum atomic E-state index is 13.5. The molecule has 0 unspecified atom stereocenters. The average Bonchev–Trinajstić information content (AvgIpc) is 2.95. The number of nitrogens with zero attached hydrogens (tertiary/aromatic N) is 4. The number of anilines is 2. The highest BCUT2D eigenvalue weighted by Crippen LogP contribution is 2.40. The van der Waals surface area contributed by atoms with E-state index in [9.17, 15) is 18.4 Å². The second-order valence-electron chi connectivity index (χ2n) is 7.33. The number of nitrogens with one attached hydrogen (secondary N) is 2. The van der Waals surface area contributed by atoms with Crippen LogP contribution >= 0.6 is 0 Å². The van der Waals surface area contributed by atoms with Gasteiger partial charge in [0.2, 0.25) is 0 Å². The Hall–Kier alpha value is -3.08. The van der Waals surface area contributed by atoms with Gasteiger partial charge in [0.25, 0.3) is 17.9 Å². The van der Waals surface area contributed by atoms with Crippen molar-refractivity contribution < 1.29 is 18.3 Å². The SMILES string of the molecule is COc1cncnc1Nc1cc(C)c2n(c1=O)C1(CCNCC1)N(CC(F)F)C2=O. The van der Waals surface area contributed by atoms with Gasteiger partial charge in [-0.15, -0.1) is 0 Å². The van der Waals surface area contributed by atoms with Gasteiger partial charge in [-0.05, 0) is 31.6 Å². The second-order valence-corrected chi connectivity index (χ2v) is 7.33. The summed E-state index contributed by atoms with van der Waals surface area (Å²) in [4.78, 5) is 35.7. The molecule has 9 nitrogen and oxygen atoms in total. The molecule has 0 aromatic carbocycles. The van der Waals surface area contributed by atoms with Crippen LogP contribution in [0.4, 0.5) is 20.3 Å². The Balaban J connectivity index is 1.87. The Labute approximate surface area is 171 Å². The molecule has 30 heavy (non-hydrogen) atoms. The predicted molar refractivity (Wildman–Crippen MR) is 104 cm³/mol. The van der Waals surface area contributed by atoms with E-state index in [0.717, 1.165) is 4.90 Å². The number of piperidine rings is 1. The van der Waals surface area contributed by atoms with Crippen LogP contribution < -0.4 is 20.9 Å². The van der Waals surface area contributed by atoms with Crippen molar-refractivity contribution in [3.63, 3.8) is 0 Å². The number of hydrogen-bond donors (Lipinski definition) is 2. The van der Waals surface area contributed by atoms with Gasteiger partial charge in [-0.3, -0.25) is 14.2 Å². The van der Waals surface area contributed by atoms with Crippen LogP contribution in [0, 0.1) is 6.92 Å². The van der Waals surface area contributed by atoms with Gasteiger partial charge in [0.1, 0.15) is 23.4 Å². The highest BCUT2D eigenvalue weighted by atomic mass is 19.3. The van der Waals surface area contributed by atoms with Crippen molar-refractivity contribution in [2.24, 2.45) is 0 Å². The van der Waals surface area contributed by atoms with Gasteiger partial charge in [-0.25, -0.2) is 18.7 Å². The Kier molecular flexibility index (Phi) is 5.14. The molecule has 2 aliphatic heterocycles. The lowest BCUT2D eigenvalue weighted by Gasteiger charge is -2.42. The first kappa shape index (κ1) is 20.2. The van der Waals surface area contributed by atoms with Gasteiger partial charge in [0.05, 0.1) is 19.9 Å². The molecule has 2 aliphatic rings. The molecule has 0 atom stereocenters. The number of methoxy groups -OCH3 is 1. The lowest BCUT2D eigenvalue weighted by atomic mass is 9.96. The number of pyridine rings is 1. The van der Waals surface area contributed by atoms with Crippen LogP contribution in [0.15, 0.2) is 23.4 Å². The average molecular weight is 420 g/mol. The molecule has 2 aromatic heterocycles. The summed E-state index contributed by atoms with van der Waals surface area (Å²) >= 11 is 0. The van der Waals surface area contributed by atoms with Crippen molar-refractivity contribution in [1.29, 1.82) is 0 Å². The highest BCUT2D eigenvalue weighted by Gasteiger charge is 2.52. The summed E-state index contributed by atoms with van der Waals surface area (Å²) in [5.74, 6) is 0.0858. The molecular weight excluding hydrogens is 398 g/mol. The van der Waals surface area contributed by atoms with Crippen LogP contribution in [-0.2, 0) is 5.66 Å². The molecule has 11 heteroatoms. The van der Waals surface area contributed by atoms with Crippen molar-refractivity contribution in [2.75, 3.05) is 32.1 Å². The Bertz CT molecular complexity index is 1040. The number of fused-ring (bicyclic) bond motifs is 2. The molecule has 1 fully saturated rings. The fraction of sp³-hybridized carbons (Fsp3) is 0.474. The van der Waals surface area contributed by atoms with Crippen LogP contribution in [-0.4, -0.2) is 58.5 Å². The van der Waals surface area contributed by atoms with Crippen LogP contribution in [0.5, 0.6) is 5.75 Å². The van der Waals surface area contributed by atoms with Crippen LogP contribution in [0.2, 0.25) is 0 Å². The minimum atomic E-state index is -2.70. The van der Waals surface area contributed by atoms with E-state index in [1.807, 2.05) is 0 Å². The number of aromatic nitrogens is 3. The zero-order valence-electron chi connectivity index (χ0n) is 16.6. The summed E-state index contributed by atoms with van der Waals surface area (Å²) in [5.41, 5.74) is -0.739. The maximum absolute atomic E-state index is 13.5. The summed E-state index contributed by atoms with van der Waals surface area (Å²) < 4.78 is 33.3. The molecule has 2 N–H and O–H groups in total. The minimum absolute atomic E-state index is 0.155. The maximum Gasteiger partial charge on any atom is 0.276 e. The van der Waals surface area contributed by atoms with E-state index in [1.54, 1.807) is 6.92 Å². The molecule has 1 spiro atoms. The number of alkyl halides is 2. The summed E-state index contributed by atoms with van der Waals surface area (Å²) in [6.07, 6.45) is 0.782. The Morgan fingerprint density at radius 2 is 2.07 bits per heavy atom. The monoisotopic (exact) mass is 420 g/mol. The van der Waals surface area contributed by atoms with E-state index in [0.29, 0.717) is 37.2 Å². The summed E-state index contributed by atoms with van der Waals surface area (Å²) in [6, 6.07) is 1.54. The van der Waals surface area contributed by atoms with Crippen molar-refractivity contribution in [3.8, 4) is 5.75 Å². The van der Waals surface area contributed by atoms with Gasteiger partial charge in [0, 0.05) is 12.8 Å². The normalized spacial score (nSPS) is 17.5. The molecule has 2 aromatic rings. The Morgan fingerprint density at radius 3 is 2.73 bits per heavy atom. The minimum Gasteiger partial charge on any atom is -0.491 e. The van der Waals surface area contributed by atoms with E-state index < -0.39 is 30.1 Å². The molecule has 0 bridgehead atoms. The molecule has 1 saturated heterocycles. The number of halogens is 2. The van der Waals surface area contributed by atoms with E-state index in [4.69, 9.17) is 4.74 Å². The van der Waals surface area contributed by atoms with Gasteiger partial charge in [-0.2, -0.15) is 0 Å². The summed E-state index contributed by atoms with van der Waals surface area (Å²) in [5, 5.41) is 6.12. The largest absolute Gasteiger partial charge is 0.491 e. The summed E-state index contributed by atoms with van der Waals surface area (Å²) in [7, 11) is 1.45. The second kappa shape index (κ2) is 7.63. The van der Waals surface area contributed by atoms with Crippen molar-refractivity contribution in [2.45, 2.75) is 31.9 Å². The third-order valence-electron chi connectivity index (χ3n) is 5.63. The topological polar surface area (TPSA) is 101 Å². The van der Waals surface area contributed by atoms with Crippen LogP contribution in [0.3, 0.4) is 0 Å². The van der Waals surface area contributed by atoms with Gasteiger partial charge in [-0.1, -0.05) is 0 Å². The fourth-order valence-electron chi connectivity index (χ4n) is 4.33. The molecule has 4 rings (SSSR count). The van der Waals surface area contributed by atoms with Crippen LogP contribution in [0.1, 0.15) is 28.9 Å². The van der Waals surface area contributed by atoms with Gasteiger partial charge in [0.15, 0.2) is 11.6 Å². The van der Waals surface area contributed by atoms with E-state index in [2.05, 4.69) is 20.6 Å². The zero-order chi connectivity index (χ0) is 21.5. The van der Waals surface area contributed by atoms with Crippen LogP contribution in [0.25, 0.3) is 0 Å². The highest BCUT2D eigenvalue weighted by molar-refractivity contribution is 5.97. The van der Waals surface area contributed by atoms with Crippen molar-refractivity contribution >= 4 is 17.4 Å². The molecule has 0 radical (unpaired) electrons. The summed E-state index contributed by atoms with van der Waals surface area (Å²) in [6.45, 7) is 1.98. The van der Waals surface area contributed by atoms with E-state index in [-0.39, 0.29) is 17.2 Å². The molecule has 4 heterocycles. The smallest absolute Gasteiger partial charge is 0.276 e. The predicted octanol–water partition coefficient (Wildman–Crippen LogP) is 1.46. The number of amides is 1. The van der Waals surface area contributed by atoms with Crippen molar-refractivity contribution in [3.05, 3.63) is 40.2 Å². The van der Waals surface area contributed by atoms with E-state index in [1.165, 1.54) is 30.3 Å². The number of hydrogen-bond acceptors (Lipinski definition) is 7. The Morgan fingerprint density at radius 1 is 1.33 bits per heavy atom. The molecular formula is C19H22F2N6O3. The molecule has 1 amide bonds. The number of aryl methyl sites for hydroxylation is 1. The first-order valence-electron chi connectivity index (χ1n) is 9.58. The third kappa shape index (κ3) is 3.09. The number of carbonyl (C=O) groups is 1. The molecule has 0 saturated carbocycles. The van der Waals surface area contributed by atoms with Gasteiger partial charge < -0.3 is 20.3 Å². The number of carbonyl (C=O) groups excluding carboxylic acids is 1. The number of ether oxygens (including phenoxy) is 1. The number of rotatable bonds is 5. The molecule has 160 valence electrons. The first-order chi connectivity index (χ1) is 14.4. The van der Waals surface area contributed by atoms with E-state index >= 15 is 0 Å². The van der Waals surface area contributed by atoms with Crippen molar-refractivity contribution in [1.82, 2.24) is 24.8 Å². The zero-order valence-corrected chi connectivity index (χ0v) is 16.6. The lowest BCUT2D eigenvalue weighted by molar-refractivity contribution is -0.0137. The lowest BCUT2D eigenvalue weighted by Crippen LogP contribution is -2.56.